The Labute approximate surface area is 119 Å². The van der Waals surface area contributed by atoms with Gasteiger partial charge >= 0.3 is 0 Å². The van der Waals surface area contributed by atoms with Gasteiger partial charge in [-0.1, -0.05) is 0 Å². The van der Waals surface area contributed by atoms with Crippen LogP contribution < -0.4 is 5.32 Å². The highest BCUT2D eigenvalue weighted by Crippen LogP contribution is 2.28. The molecule has 0 atom stereocenters. The lowest BCUT2D eigenvalue weighted by atomic mass is 10.2. The summed E-state index contributed by atoms with van der Waals surface area (Å²) in [7, 11) is 0. The second-order valence-corrected chi connectivity index (χ2v) is 5.65. The Hall–Kier alpha value is -2.40. The first-order valence-corrected chi connectivity index (χ1v) is 7.23. The molecule has 3 aromatic heterocycles. The number of nitrogens with one attached hydrogen (secondary N) is 2. The van der Waals surface area contributed by atoms with E-state index in [-0.39, 0.29) is 0 Å². The molecule has 5 heteroatoms. The van der Waals surface area contributed by atoms with Crippen LogP contribution >= 0.6 is 11.3 Å². The number of H-pyrrole nitrogens is 1. The molecule has 4 aromatic rings. The molecule has 0 spiro atoms. The van der Waals surface area contributed by atoms with Crippen LogP contribution in [0.1, 0.15) is 5.69 Å². The molecule has 0 bridgehead atoms. The number of nitrogens with zero attached hydrogens (tertiary/aromatic N) is 2. The third-order valence-electron chi connectivity index (χ3n) is 3.36. The van der Waals surface area contributed by atoms with Crippen LogP contribution in [-0.4, -0.2) is 15.2 Å². The number of aromatic amines is 1. The van der Waals surface area contributed by atoms with Gasteiger partial charge < -0.3 is 5.32 Å². The monoisotopic (exact) mass is 280 g/mol. The van der Waals surface area contributed by atoms with Gasteiger partial charge in [0, 0.05) is 22.3 Å². The van der Waals surface area contributed by atoms with Crippen LogP contribution in [0.3, 0.4) is 0 Å². The number of thiophene rings is 1. The smallest absolute Gasteiger partial charge is 0.141 e. The minimum Gasteiger partial charge on any atom is -0.340 e. The van der Waals surface area contributed by atoms with Crippen molar-refractivity contribution in [3.63, 3.8) is 0 Å². The summed E-state index contributed by atoms with van der Waals surface area (Å²) in [6.45, 7) is 2.00. The molecule has 2 N–H and O–H groups in total. The van der Waals surface area contributed by atoms with Crippen LogP contribution in [0, 0.1) is 6.92 Å². The molecule has 20 heavy (non-hydrogen) atoms. The van der Waals surface area contributed by atoms with Crippen molar-refractivity contribution in [1.82, 2.24) is 15.2 Å². The van der Waals surface area contributed by atoms with Gasteiger partial charge in [-0.3, -0.25) is 5.10 Å². The van der Waals surface area contributed by atoms with Gasteiger partial charge in [0.15, 0.2) is 0 Å². The van der Waals surface area contributed by atoms with Crippen molar-refractivity contribution in [2.45, 2.75) is 6.92 Å². The summed E-state index contributed by atoms with van der Waals surface area (Å²) in [5, 5.41) is 15.0. The van der Waals surface area contributed by atoms with E-state index in [2.05, 4.69) is 50.1 Å². The Morgan fingerprint density at radius 2 is 2.15 bits per heavy atom. The maximum absolute atomic E-state index is 4.43. The highest BCUT2D eigenvalue weighted by molar-refractivity contribution is 7.17. The van der Waals surface area contributed by atoms with E-state index >= 15 is 0 Å². The Morgan fingerprint density at radius 3 is 3.10 bits per heavy atom. The molecule has 0 aliphatic heterocycles. The SMILES string of the molecule is Cc1[nH]nc2ccnc(Nc3ccc4sccc4c3)c12. The van der Waals surface area contributed by atoms with Crippen LogP contribution in [0.2, 0.25) is 0 Å². The predicted octanol–water partition coefficient (Wildman–Crippen LogP) is 4.22. The molecule has 0 unspecified atom stereocenters. The lowest BCUT2D eigenvalue weighted by molar-refractivity contribution is 1.07. The number of aryl methyl sites for hydroxylation is 1. The third-order valence-corrected chi connectivity index (χ3v) is 4.26. The first-order valence-electron chi connectivity index (χ1n) is 6.35. The minimum absolute atomic E-state index is 0.836. The van der Waals surface area contributed by atoms with E-state index < -0.39 is 0 Å². The van der Waals surface area contributed by atoms with E-state index in [1.54, 1.807) is 17.5 Å². The zero-order chi connectivity index (χ0) is 13.5. The van der Waals surface area contributed by atoms with E-state index in [1.165, 1.54) is 10.1 Å². The van der Waals surface area contributed by atoms with Gasteiger partial charge in [0.05, 0.1) is 10.9 Å². The van der Waals surface area contributed by atoms with Gasteiger partial charge in [0.1, 0.15) is 5.82 Å². The van der Waals surface area contributed by atoms with E-state index in [0.717, 1.165) is 28.1 Å². The van der Waals surface area contributed by atoms with Gasteiger partial charge in [-0.2, -0.15) is 5.10 Å². The van der Waals surface area contributed by atoms with Gasteiger partial charge in [-0.15, -0.1) is 11.3 Å². The number of rotatable bonds is 2. The zero-order valence-corrected chi connectivity index (χ0v) is 11.7. The first kappa shape index (κ1) is 11.4. The Balaban J connectivity index is 1.81. The number of pyridine rings is 1. The molecule has 0 aliphatic carbocycles. The van der Waals surface area contributed by atoms with E-state index in [9.17, 15) is 0 Å². The number of anilines is 2. The molecule has 1 aromatic carbocycles. The summed E-state index contributed by atoms with van der Waals surface area (Å²) < 4.78 is 1.29. The minimum atomic E-state index is 0.836. The van der Waals surface area contributed by atoms with Crippen molar-refractivity contribution < 1.29 is 0 Å². The summed E-state index contributed by atoms with van der Waals surface area (Å²) in [6.07, 6.45) is 1.77. The maximum Gasteiger partial charge on any atom is 0.141 e. The van der Waals surface area contributed by atoms with Gasteiger partial charge in [-0.25, -0.2) is 4.98 Å². The van der Waals surface area contributed by atoms with Crippen molar-refractivity contribution in [1.29, 1.82) is 0 Å². The largest absolute Gasteiger partial charge is 0.340 e. The van der Waals surface area contributed by atoms with Gasteiger partial charge in [0.25, 0.3) is 0 Å². The normalized spacial score (nSPS) is 11.2. The average Bonchev–Trinajstić information content (AvgIpc) is 3.06. The fourth-order valence-electron chi connectivity index (χ4n) is 2.39. The van der Waals surface area contributed by atoms with E-state index in [0.29, 0.717) is 0 Å². The molecular weight excluding hydrogens is 268 g/mol. The molecule has 0 saturated heterocycles. The third kappa shape index (κ3) is 1.75. The quantitative estimate of drug-likeness (QED) is 0.578. The van der Waals surface area contributed by atoms with Gasteiger partial charge in [0.2, 0.25) is 0 Å². The molecule has 3 heterocycles. The zero-order valence-electron chi connectivity index (χ0n) is 10.8. The van der Waals surface area contributed by atoms with Crippen molar-refractivity contribution in [3.05, 3.63) is 47.6 Å². The van der Waals surface area contributed by atoms with Crippen LogP contribution in [0.25, 0.3) is 21.0 Å². The van der Waals surface area contributed by atoms with Crippen LogP contribution in [0.5, 0.6) is 0 Å². The molecule has 0 fully saturated rings. The Bertz CT molecular complexity index is 906. The van der Waals surface area contributed by atoms with E-state index in [4.69, 9.17) is 0 Å². The van der Waals surface area contributed by atoms with Crippen molar-refractivity contribution in [2.24, 2.45) is 0 Å². The van der Waals surface area contributed by atoms with E-state index in [1.807, 2.05) is 13.0 Å². The highest BCUT2D eigenvalue weighted by Gasteiger charge is 2.08. The Morgan fingerprint density at radius 1 is 1.20 bits per heavy atom. The molecule has 4 nitrogen and oxygen atoms in total. The lowest BCUT2D eigenvalue weighted by Crippen LogP contribution is -1.94. The molecule has 0 amide bonds. The van der Waals surface area contributed by atoms with Crippen LogP contribution in [-0.2, 0) is 0 Å². The molecule has 0 aliphatic rings. The second-order valence-electron chi connectivity index (χ2n) is 4.70. The molecule has 0 radical (unpaired) electrons. The van der Waals surface area contributed by atoms with Crippen LogP contribution in [0.15, 0.2) is 41.9 Å². The summed E-state index contributed by atoms with van der Waals surface area (Å²) in [4.78, 5) is 4.43. The summed E-state index contributed by atoms with van der Waals surface area (Å²) in [5.74, 6) is 0.836. The number of aromatic nitrogens is 3. The summed E-state index contributed by atoms with van der Waals surface area (Å²) in [6, 6.07) is 10.4. The molecule has 98 valence electrons. The summed E-state index contributed by atoms with van der Waals surface area (Å²) >= 11 is 1.75. The van der Waals surface area contributed by atoms with Crippen LogP contribution in [0.4, 0.5) is 11.5 Å². The summed E-state index contributed by atoms with van der Waals surface area (Å²) in [5.41, 5.74) is 2.99. The number of fused-ring (bicyclic) bond motifs is 2. The fourth-order valence-corrected chi connectivity index (χ4v) is 3.16. The highest BCUT2D eigenvalue weighted by atomic mass is 32.1. The molecule has 0 saturated carbocycles. The maximum atomic E-state index is 4.43. The number of hydrogen-bond acceptors (Lipinski definition) is 4. The average molecular weight is 280 g/mol. The van der Waals surface area contributed by atoms with Gasteiger partial charge in [-0.05, 0) is 48.0 Å². The second kappa shape index (κ2) is 4.31. The van der Waals surface area contributed by atoms with Crippen molar-refractivity contribution >= 4 is 43.8 Å². The fraction of sp³-hybridized carbons (Fsp3) is 0.0667. The number of benzene rings is 1. The van der Waals surface area contributed by atoms with Crippen molar-refractivity contribution in [3.8, 4) is 0 Å². The standard InChI is InChI=1S/C15H12N4S/c1-9-14-12(19-18-9)4-6-16-15(14)17-11-2-3-13-10(8-11)5-7-20-13/h2-8H,1H3,(H,16,17)(H,18,19). The topological polar surface area (TPSA) is 53.6 Å². The predicted molar refractivity (Wildman–Crippen MR) is 83.7 cm³/mol. The lowest BCUT2D eigenvalue weighted by Gasteiger charge is -2.07. The Kier molecular flexibility index (Phi) is 2.47. The number of hydrogen-bond donors (Lipinski definition) is 2. The molecular formula is C15H12N4S. The molecule has 4 rings (SSSR count). The van der Waals surface area contributed by atoms with Crippen molar-refractivity contribution in [2.75, 3.05) is 5.32 Å². The first-order chi connectivity index (χ1) is 9.81.